The van der Waals surface area contributed by atoms with E-state index in [2.05, 4.69) is 0 Å². The quantitative estimate of drug-likeness (QED) is 0.463. The summed E-state index contributed by atoms with van der Waals surface area (Å²) >= 11 is 5.58. The fourth-order valence-electron chi connectivity index (χ4n) is 0.194. The van der Waals surface area contributed by atoms with Gasteiger partial charge in [0.15, 0.2) is 0 Å². The largest absolute Gasteiger partial charge is 0.197 e. The first-order valence-corrected chi connectivity index (χ1v) is 2.96. The maximum Gasteiger partial charge on any atom is 0.125 e. The maximum absolute atomic E-state index is 8.29. The molecule has 0 amide bonds. The standard InChI is InChI=1S/C6H10ClN/c1-6(2,3)5(7)4-8/h5H,1-3H3/t5-/m1/s1. The van der Waals surface area contributed by atoms with Crippen molar-refractivity contribution in [1.29, 1.82) is 5.26 Å². The molecule has 0 saturated heterocycles. The van der Waals surface area contributed by atoms with Gasteiger partial charge in [0.1, 0.15) is 5.38 Å². The summed E-state index contributed by atoms with van der Waals surface area (Å²) in [6, 6.07) is 1.97. The van der Waals surface area contributed by atoms with Crippen molar-refractivity contribution in [3.63, 3.8) is 0 Å². The van der Waals surface area contributed by atoms with Crippen LogP contribution in [0.25, 0.3) is 0 Å². The Balaban J connectivity index is 3.87. The van der Waals surface area contributed by atoms with Crippen LogP contribution in [-0.2, 0) is 0 Å². The lowest BCUT2D eigenvalue weighted by molar-refractivity contribution is 0.432. The molecule has 0 rings (SSSR count). The molecule has 0 aromatic rings. The van der Waals surface area contributed by atoms with E-state index >= 15 is 0 Å². The van der Waals surface area contributed by atoms with Crippen LogP contribution in [-0.4, -0.2) is 5.38 Å². The molecule has 0 fully saturated rings. The summed E-state index contributed by atoms with van der Waals surface area (Å²) < 4.78 is 0. The van der Waals surface area contributed by atoms with Crippen LogP contribution in [0.1, 0.15) is 20.8 Å². The molecule has 46 valence electrons. The molecular formula is C6H10ClN. The zero-order chi connectivity index (χ0) is 6.78. The normalized spacial score (nSPS) is 14.9. The highest BCUT2D eigenvalue weighted by Crippen LogP contribution is 2.22. The molecule has 0 unspecified atom stereocenters. The van der Waals surface area contributed by atoms with E-state index in [0.717, 1.165) is 0 Å². The summed E-state index contributed by atoms with van der Waals surface area (Å²) in [5, 5.41) is 7.92. The summed E-state index contributed by atoms with van der Waals surface area (Å²) in [6.07, 6.45) is 0. The van der Waals surface area contributed by atoms with Crippen molar-refractivity contribution in [1.82, 2.24) is 0 Å². The molecule has 0 bridgehead atoms. The van der Waals surface area contributed by atoms with E-state index < -0.39 is 0 Å². The smallest absolute Gasteiger partial charge is 0.125 e. The number of hydrogen-bond donors (Lipinski definition) is 0. The Kier molecular flexibility index (Phi) is 2.30. The molecule has 0 aliphatic rings. The molecule has 1 nitrogen and oxygen atoms in total. The molecular weight excluding hydrogens is 122 g/mol. The van der Waals surface area contributed by atoms with Crippen LogP contribution in [0, 0.1) is 16.7 Å². The summed E-state index contributed by atoms with van der Waals surface area (Å²) in [7, 11) is 0. The van der Waals surface area contributed by atoms with Crippen molar-refractivity contribution in [2.24, 2.45) is 5.41 Å². The fraction of sp³-hybridized carbons (Fsp3) is 0.833. The molecule has 0 aliphatic heterocycles. The van der Waals surface area contributed by atoms with Crippen molar-refractivity contribution >= 4 is 11.6 Å². The molecule has 0 aromatic heterocycles. The van der Waals surface area contributed by atoms with Gasteiger partial charge in [-0.2, -0.15) is 5.26 Å². The Morgan fingerprint density at radius 1 is 1.50 bits per heavy atom. The average molecular weight is 132 g/mol. The summed E-state index contributed by atoms with van der Waals surface area (Å²) in [4.78, 5) is 0. The highest BCUT2D eigenvalue weighted by Gasteiger charge is 2.20. The van der Waals surface area contributed by atoms with E-state index in [-0.39, 0.29) is 10.8 Å². The number of alkyl halides is 1. The van der Waals surface area contributed by atoms with E-state index in [1.807, 2.05) is 26.8 Å². The van der Waals surface area contributed by atoms with Gasteiger partial charge in [0.25, 0.3) is 0 Å². The lowest BCUT2D eigenvalue weighted by atomic mass is 9.93. The van der Waals surface area contributed by atoms with Crippen LogP contribution in [0.4, 0.5) is 0 Å². The first kappa shape index (κ1) is 7.78. The summed E-state index contributed by atoms with van der Waals surface area (Å²) in [5.41, 5.74) is -0.0870. The Morgan fingerprint density at radius 2 is 1.88 bits per heavy atom. The number of halogens is 1. The van der Waals surface area contributed by atoms with Crippen molar-refractivity contribution in [3.8, 4) is 6.07 Å². The maximum atomic E-state index is 8.29. The van der Waals surface area contributed by atoms with Gasteiger partial charge in [-0.05, 0) is 5.41 Å². The highest BCUT2D eigenvalue weighted by atomic mass is 35.5. The van der Waals surface area contributed by atoms with E-state index in [1.165, 1.54) is 0 Å². The van der Waals surface area contributed by atoms with Crippen LogP contribution >= 0.6 is 11.6 Å². The van der Waals surface area contributed by atoms with E-state index in [1.54, 1.807) is 0 Å². The molecule has 0 heterocycles. The second-order valence-electron chi connectivity index (χ2n) is 2.86. The van der Waals surface area contributed by atoms with E-state index in [0.29, 0.717) is 0 Å². The first-order valence-electron chi connectivity index (χ1n) is 2.52. The molecule has 0 aliphatic carbocycles. The van der Waals surface area contributed by atoms with Crippen LogP contribution in [0.15, 0.2) is 0 Å². The number of hydrogen-bond acceptors (Lipinski definition) is 1. The molecule has 2 heteroatoms. The van der Waals surface area contributed by atoms with Gasteiger partial charge >= 0.3 is 0 Å². The second-order valence-corrected chi connectivity index (χ2v) is 3.29. The third kappa shape index (κ3) is 2.18. The summed E-state index contributed by atoms with van der Waals surface area (Å²) in [5.74, 6) is 0. The molecule has 0 radical (unpaired) electrons. The van der Waals surface area contributed by atoms with Crippen LogP contribution in [0.5, 0.6) is 0 Å². The zero-order valence-electron chi connectivity index (χ0n) is 5.40. The van der Waals surface area contributed by atoms with Crippen molar-refractivity contribution in [2.75, 3.05) is 0 Å². The Labute approximate surface area is 55.3 Å². The SMILES string of the molecule is CC(C)(C)[C@H](Cl)C#N. The van der Waals surface area contributed by atoms with E-state index in [4.69, 9.17) is 16.9 Å². The van der Waals surface area contributed by atoms with Gasteiger partial charge < -0.3 is 0 Å². The minimum absolute atomic E-state index is 0.0870. The summed E-state index contributed by atoms with van der Waals surface area (Å²) in [6.45, 7) is 5.82. The Bertz CT molecular complexity index is 107. The molecule has 8 heavy (non-hydrogen) atoms. The van der Waals surface area contributed by atoms with Crippen LogP contribution in [0.2, 0.25) is 0 Å². The Hall–Kier alpha value is -0.220. The van der Waals surface area contributed by atoms with Crippen LogP contribution in [0.3, 0.4) is 0 Å². The molecule has 0 spiro atoms. The number of rotatable bonds is 0. The molecule has 1 atom stereocenters. The van der Waals surface area contributed by atoms with Crippen LogP contribution < -0.4 is 0 Å². The molecule has 0 saturated carbocycles. The predicted octanol–water partition coefficient (Wildman–Crippen LogP) is 2.16. The van der Waals surface area contributed by atoms with Gasteiger partial charge in [-0.15, -0.1) is 11.6 Å². The number of nitriles is 1. The third-order valence-electron chi connectivity index (χ3n) is 0.874. The second kappa shape index (κ2) is 2.37. The lowest BCUT2D eigenvalue weighted by Crippen LogP contribution is -2.18. The number of nitrogens with zero attached hydrogens (tertiary/aromatic N) is 1. The van der Waals surface area contributed by atoms with Crippen molar-refractivity contribution < 1.29 is 0 Å². The lowest BCUT2D eigenvalue weighted by Gasteiger charge is -2.17. The molecule has 0 aromatic carbocycles. The fourth-order valence-corrected chi connectivity index (χ4v) is 0.194. The third-order valence-corrected chi connectivity index (χ3v) is 1.63. The van der Waals surface area contributed by atoms with Gasteiger partial charge in [-0.1, -0.05) is 20.8 Å². The van der Waals surface area contributed by atoms with Gasteiger partial charge in [-0.25, -0.2) is 0 Å². The average Bonchev–Trinajstić information content (AvgIpc) is 1.62. The van der Waals surface area contributed by atoms with Gasteiger partial charge in [-0.3, -0.25) is 0 Å². The topological polar surface area (TPSA) is 23.8 Å². The monoisotopic (exact) mass is 131 g/mol. The zero-order valence-corrected chi connectivity index (χ0v) is 6.16. The van der Waals surface area contributed by atoms with E-state index in [9.17, 15) is 0 Å². The van der Waals surface area contributed by atoms with Gasteiger partial charge in [0, 0.05) is 0 Å². The Morgan fingerprint density at radius 3 is 1.88 bits per heavy atom. The minimum atomic E-state index is -0.373. The highest BCUT2D eigenvalue weighted by molar-refractivity contribution is 6.22. The first-order chi connectivity index (χ1) is 3.48. The minimum Gasteiger partial charge on any atom is -0.197 e. The van der Waals surface area contributed by atoms with Gasteiger partial charge in [0.05, 0.1) is 6.07 Å². The predicted molar refractivity (Wildman–Crippen MR) is 34.7 cm³/mol. The molecule has 0 N–H and O–H groups in total. The van der Waals surface area contributed by atoms with Crippen molar-refractivity contribution in [3.05, 3.63) is 0 Å². The van der Waals surface area contributed by atoms with Gasteiger partial charge in [0.2, 0.25) is 0 Å². The van der Waals surface area contributed by atoms with Crippen molar-refractivity contribution in [2.45, 2.75) is 26.1 Å².